The van der Waals surface area contributed by atoms with E-state index < -0.39 is 0 Å². The lowest BCUT2D eigenvalue weighted by molar-refractivity contribution is 0.809. The third kappa shape index (κ3) is 1.55. The van der Waals surface area contributed by atoms with E-state index in [0.717, 1.165) is 23.3 Å². The molecule has 5 heteroatoms. The number of fused-ring (bicyclic) bond motifs is 1. The first-order chi connectivity index (χ1) is 6.83. The average molecular weight is 208 g/mol. The molecule has 0 unspecified atom stereocenters. The molecule has 14 heavy (non-hydrogen) atoms. The maximum Gasteiger partial charge on any atom is 0.201 e. The molecule has 0 aliphatic heterocycles. The lowest BCUT2D eigenvalue weighted by atomic mass is 10.4. The number of nitrogen functional groups attached to an aromatic ring is 1. The zero-order valence-electron chi connectivity index (χ0n) is 7.97. The highest BCUT2D eigenvalue weighted by molar-refractivity contribution is 7.98. The van der Waals surface area contributed by atoms with Gasteiger partial charge >= 0.3 is 0 Å². The molecular weight excluding hydrogens is 196 g/mol. The number of anilines is 1. The molecular formula is C9H12N4S. The quantitative estimate of drug-likeness (QED) is 0.827. The first-order valence-electron chi connectivity index (χ1n) is 4.37. The average Bonchev–Trinajstić information content (AvgIpc) is 2.51. The predicted octanol–water partition coefficient (Wildman–Crippen LogP) is 1.38. The van der Waals surface area contributed by atoms with E-state index in [-0.39, 0.29) is 0 Å². The van der Waals surface area contributed by atoms with Gasteiger partial charge in [0.25, 0.3) is 0 Å². The van der Waals surface area contributed by atoms with Crippen LogP contribution in [0.5, 0.6) is 0 Å². The van der Waals surface area contributed by atoms with Crippen molar-refractivity contribution < 1.29 is 0 Å². The van der Waals surface area contributed by atoms with Gasteiger partial charge in [0.05, 0.1) is 17.2 Å². The van der Waals surface area contributed by atoms with E-state index in [0.29, 0.717) is 5.95 Å². The van der Waals surface area contributed by atoms with Crippen LogP contribution in [-0.2, 0) is 6.54 Å². The lowest BCUT2D eigenvalue weighted by Gasteiger charge is -2.03. The first kappa shape index (κ1) is 9.33. The standard InChI is InChI=1S/C9H12N4S/c1-14-5-4-13-8-6-11-3-2-7(8)12-9(13)10/h2-3,6H,4-5H2,1H3,(H2,10,12). The molecule has 2 aromatic heterocycles. The maximum absolute atomic E-state index is 5.81. The van der Waals surface area contributed by atoms with Crippen LogP contribution in [0.4, 0.5) is 5.95 Å². The second-order valence-corrected chi connectivity index (χ2v) is 3.96. The summed E-state index contributed by atoms with van der Waals surface area (Å²) in [5.41, 5.74) is 7.74. The van der Waals surface area contributed by atoms with Crippen LogP contribution in [0.3, 0.4) is 0 Å². The van der Waals surface area contributed by atoms with Gasteiger partial charge in [-0.15, -0.1) is 0 Å². The number of pyridine rings is 1. The first-order valence-corrected chi connectivity index (χ1v) is 5.77. The number of hydrogen-bond donors (Lipinski definition) is 1. The number of aromatic nitrogens is 3. The van der Waals surface area contributed by atoms with Crippen LogP contribution >= 0.6 is 11.8 Å². The molecule has 0 saturated heterocycles. The van der Waals surface area contributed by atoms with E-state index >= 15 is 0 Å². The van der Waals surface area contributed by atoms with E-state index in [1.807, 2.05) is 10.6 Å². The highest BCUT2D eigenvalue weighted by Gasteiger charge is 2.06. The van der Waals surface area contributed by atoms with E-state index in [9.17, 15) is 0 Å². The fraction of sp³-hybridized carbons (Fsp3) is 0.333. The third-order valence-corrected chi connectivity index (χ3v) is 2.69. The molecule has 2 rings (SSSR count). The van der Waals surface area contributed by atoms with E-state index in [2.05, 4.69) is 16.2 Å². The predicted molar refractivity (Wildman–Crippen MR) is 60.3 cm³/mol. The van der Waals surface area contributed by atoms with Crippen LogP contribution in [0.15, 0.2) is 18.5 Å². The van der Waals surface area contributed by atoms with Gasteiger partial charge in [0, 0.05) is 18.5 Å². The molecule has 0 atom stereocenters. The van der Waals surface area contributed by atoms with Crippen LogP contribution in [0.2, 0.25) is 0 Å². The van der Waals surface area contributed by atoms with Crippen LogP contribution < -0.4 is 5.73 Å². The van der Waals surface area contributed by atoms with Crippen molar-refractivity contribution >= 4 is 28.7 Å². The van der Waals surface area contributed by atoms with Gasteiger partial charge in [-0.05, 0) is 12.3 Å². The zero-order valence-corrected chi connectivity index (χ0v) is 8.79. The number of rotatable bonds is 3. The number of nitrogens with zero attached hydrogens (tertiary/aromatic N) is 3. The van der Waals surface area contributed by atoms with Gasteiger partial charge in [-0.3, -0.25) is 4.98 Å². The molecule has 0 aliphatic rings. The smallest absolute Gasteiger partial charge is 0.201 e. The Balaban J connectivity index is 2.45. The minimum Gasteiger partial charge on any atom is -0.369 e. The monoisotopic (exact) mass is 208 g/mol. The minimum absolute atomic E-state index is 0.571. The molecule has 4 nitrogen and oxygen atoms in total. The highest BCUT2D eigenvalue weighted by Crippen LogP contribution is 2.16. The van der Waals surface area contributed by atoms with Crippen molar-refractivity contribution in [1.29, 1.82) is 0 Å². The van der Waals surface area contributed by atoms with Gasteiger partial charge in [0.2, 0.25) is 5.95 Å². The summed E-state index contributed by atoms with van der Waals surface area (Å²) in [6, 6.07) is 1.88. The molecule has 0 amide bonds. The fourth-order valence-corrected chi connectivity index (χ4v) is 1.77. The van der Waals surface area contributed by atoms with Crippen molar-refractivity contribution in [2.24, 2.45) is 0 Å². The van der Waals surface area contributed by atoms with E-state index in [4.69, 9.17) is 5.73 Å². The number of thioether (sulfide) groups is 1. The fourth-order valence-electron chi connectivity index (χ4n) is 1.41. The lowest BCUT2D eigenvalue weighted by Crippen LogP contribution is -2.04. The van der Waals surface area contributed by atoms with Crippen molar-refractivity contribution in [3.63, 3.8) is 0 Å². The molecule has 0 radical (unpaired) electrons. The van der Waals surface area contributed by atoms with Crippen molar-refractivity contribution in [3.8, 4) is 0 Å². The van der Waals surface area contributed by atoms with Gasteiger partial charge in [0.1, 0.15) is 0 Å². The maximum atomic E-state index is 5.81. The molecule has 0 saturated carbocycles. The summed E-state index contributed by atoms with van der Waals surface area (Å²) in [6.07, 6.45) is 5.61. The summed E-state index contributed by atoms with van der Waals surface area (Å²) in [5.74, 6) is 1.60. The summed E-state index contributed by atoms with van der Waals surface area (Å²) in [6.45, 7) is 0.884. The SMILES string of the molecule is CSCCn1c(N)nc2ccncc21. The van der Waals surface area contributed by atoms with Crippen LogP contribution in [-0.4, -0.2) is 26.5 Å². The number of aryl methyl sites for hydroxylation is 1. The Morgan fingerprint density at radius 3 is 3.21 bits per heavy atom. The Hall–Kier alpha value is -1.23. The Morgan fingerprint density at radius 1 is 1.57 bits per heavy atom. The van der Waals surface area contributed by atoms with E-state index in [1.54, 1.807) is 24.2 Å². The van der Waals surface area contributed by atoms with Crippen LogP contribution in [0.1, 0.15) is 0 Å². The van der Waals surface area contributed by atoms with Crippen molar-refractivity contribution in [3.05, 3.63) is 18.5 Å². The van der Waals surface area contributed by atoms with Gasteiger partial charge in [-0.2, -0.15) is 11.8 Å². The normalized spacial score (nSPS) is 10.9. The molecule has 0 spiro atoms. The molecule has 0 aromatic carbocycles. The molecule has 2 N–H and O–H groups in total. The summed E-state index contributed by atoms with van der Waals surface area (Å²) >= 11 is 1.79. The molecule has 2 heterocycles. The van der Waals surface area contributed by atoms with E-state index in [1.165, 1.54) is 0 Å². The van der Waals surface area contributed by atoms with Gasteiger partial charge in [-0.1, -0.05) is 0 Å². The molecule has 0 aliphatic carbocycles. The van der Waals surface area contributed by atoms with Gasteiger partial charge in [0.15, 0.2) is 0 Å². The Kier molecular flexibility index (Phi) is 2.58. The minimum atomic E-state index is 0.571. The Morgan fingerprint density at radius 2 is 2.43 bits per heavy atom. The van der Waals surface area contributed by atoms with Crippen LogP contribution in [0.25, 0.3) is 11.0 Å². The topological polar surface area (TPSA) is 56.7 Å². The van der Waals surface area contributed by atoms with Gasteiger partial charge < -0.3 is 10.3 Å². The number of hydrogen-bond acceptors (Lipinski definition) is 4. The molecule has 2 aromatic rings. The highest BCUT2D eigenvalue weighted by atomic mass is 32.2. The summed E-state index contributed by atoms with van der Waals surface area (Å²) < 4.78 is 2.00. The second kappa shape index (κ2) is 3.88. The zero-order chi connectivity index (χ0) is 9.97. The summed E-state index contributed by atoms with van der Waals surface area (Å²) in [7, 11) is 0. The van der Waals surface area contributed by atoms with Crippen molar-refractivity contribution in [2.75, 3.05) is 17.7 Å². The van der Waals surface area contributed by atoms with Gasteiger partial charge in [-0.25, -0.2) is 4.98 Å². The van der Waals surface area contributed by atoms with Crippen LogP contribution in [0, 0.1) is 0 Å². The number of nitrogens with two attached hydrogens (primary N) is 1. The Labute approximate surface area is 86.5 Å². The molecule has 0 fully saturated rings. The Bertz CT molecular complexity index is 437. The summed E-state index contributed by atoms with van der Waals surface area (Å²) in [4.78, 5) is 8.33. The molecule has 74 valence electrons. The number of imidazole rings is 1. The molecule has 0 bridgehead atoms. The van der Waals surface area contributed by atoms with Crippen molar-refractivity contribution in [1.82, 2.24) is 14.5 Å². The summed E-state index contributed by atoms with van der Waals surface area (Å²) in [5, 5.41) is 0. The van der Waals surface area contributed by atoms with Crippen molar-refractivity contribution in [2.45, 2.75) is 6.54 Å². The second-order valence-electron chi connectivity index (χ2n) is 2.98. The largest absolute Gasteiger partial charge is 0.369 e. The third-order valence-electron chi connectivity index (χ3n) is 2.10.